The highest BCUT2D eigenvalue weighted by atomic mass is 15.0. The molecule has 0 fully saturated rings. The molecule has 11 aromatic rings. The van der Waals surface area contributed by atoms with E-state index in [1.807, 2.05) is 121 Å². The van der Waals surface area contributed by atoms with Gasteiger partial charge in [-0.05, 0) is 55.6 Å². The van der Waals surface area contributed by atoms with E-state index in [0.717, 1.165) is 44.5 Å². The monoisotopic (exact) mass is 868 g/mol. The van der Waals surface area contributed by atoms with Crippen molar-refractivity contribution < 1.29 is 0 Å². The summed E-state index contributed by atoms with van der Waals surface area (Å²) in [5.74, 6) is 3.99. The standard InChI is InChI=1S/C62H40N6/c1-5-17-41(18-6-1)57-63-58(42-19-7-2-8-20-42)66-61(65-57)45-33-29-39(30-34-45)47-37-38-48(56-54-51-27-15-13-25-49(51)53(55(47)56)50-26-14-16-28-52(50)54)40-31-35-46(36-32-40)62-67-59(43-21-9-3-10-22-43)64-60(68-62)44-23-11-4-12-24-44/h1-38,53-54H. The Labute approximate surface area is 394 Å². The third-order valence-corrected chi connectivity index (χ3v) is 13.4. The first-order chi connectivity index (χ1) is 33.7. The predicted molar refractivity (Wildman–Crippen MR) is 271 cm³/mol. The highest BCUT2D eigenvalue weighted by Gasteiger charge is 2.43. The number of rotatable bonds is 8. The molecule has 0 N–H and O–H groups in total. The zero-order chi connectivity index (χ0) is 45.0. The Kier molecular flexibility index (Phi) is 9.53. The molecular formula is C62H40N6. The summed E-state index contributed by atoms with van der Waals surface area (Å²) in [6.45, 7) is 0. The summed E-state index contributed by atoms with van der Waals surface area (Å²) in [6, 6.07) is 80.8. The molecule has 3 aliphatic carbocycles. The van der Waals surface area contributed by atoms with E-state index >= 15 is 0 Å². The van der Waals surface area contributed by atoms with Gasteiger partial charge in [-0.2, -0.15) is 0 Å². The van der Waals surface area contributed by atoms with Gasteiger partial charge in [-0.15, -0.1) is 0 Å². The first-order valence-electron chi connectivity index (χ1n) is 23.0. The largest absolute Gasteiger partial charge is 0.208 e. The van der Waals surface area contributed by atoms with Gasteiger partial charge >= 0.3 is 0 Å². The highest BCUT2D eigenvalue weighted by molar-refractivity contribution is 5.87. The number of hydrogen-bond donors (Lipinski definition) is 0. The fraction of sp³-hybridized carbons (Fsp3) is 0.0323. The van der Waals surface area contributed by atoms with Crippen molar-refractivity contribution in [2.75, 3.05) is 0 Å². The minimum atomic E-state index is 0.0692. The second-order valence-corrected chi connectivity index (χ2v) is 17.3. The normalized spacial score (nSPS) is 14.2. The molecule has 0 aliphatic heterocycles. The van der Waals surface area contributed by atoms with Crippen LogP contribution in [0.1, 0.15) is 45.2 Å². The fourth-order valence-electron chi connectivity index (χ4n) is 10.3. The highest BCUT2D eigenvalue weighted by Crippen LogP contribution is 2.59. The zero-order valence-electron chi connectivity index (χ0n) is 36.8. The van der Waals surface area contributed by atoms with Crippen molar-refractivity contribution in [2.45, 2.75) is 11.8 Å². The number of nitrogens with zero attached hydrogens (tertiary/aromatic N) is 6. The fourth-order valence-corrected chi connectivity index (χ4v) is 10.3. The first kappa shape index (κ1) is 39.4. The average molecular weight is 869 g/mol. The maximum absolute atomic E-state index is 5.03. The minimum absolute atomic E-state index is 0.0692. The molecule has 2 heterocycles. The molecular weight excluding hydrogens is 829 g/mol. The summed E-state index contributed by atoms with van der Waals surface area (Å²) < 4.78 is 0. The van der Waals surface area contributed by atoms with Crippen LogP contribution in [-0.4, -0.2) is 29.9 Å². The van der Waals surface area contributed by atoms with Crippen LogP contribution in [0, 0.1) is 0 Å². The van der Waals surface area contributed by atoms with Crippen molar-refractivity contribution in [3.8, 4) is 90.6 Å². The summed E-state index contributed by atoms with van der Waals surface area (Å²) >= 11 is 0. The lowest BCUT2D eigenvalue weighted by molar-refractivity contribution is 0.757. The van der Waals surface area contributed by atoms with Crippen LogP contribution in [0.5, 0.6) is 0 Å². The molecule has 0 saturated heterocycles. The molecule has 2 aromatic heterocycles. The lowest BCUT2D eigenvalue weighted by Gasteiger charge is -2.44. The smallest absolute Gasteiger partial charge is 0.164 e. The van der Waals surface area contributed by atoms with Crippen LogP contribution in [0.2, 0.25) is 0 Å². The first-order valence-corrected chi connectivity index (χ1v) is 23.0. The van der Waals surface area contributed by atoms with Crippen molar-refractivity contribution in [1.29, 1.82) is 0 Å². The summed E-state index contributed by atoms with van der Waals surface area (Å²) in [5.41, 5.74) is 18.6. The van der Waals surface area contributed by atoms with E-state index in [1.54, 1.807) is 0 Å². The summed E-state index contributed by atoms with van der Waals surface area (Å²) in [4.78, 5) is 30.0. The Bertz CT molecular complexity index is 3250. The zero-order valence-corrected chi connectivity index (χ0v) is 36.8. The van der Waals surface area contributed by atoms with Gasteiger partial charge in [-0.3, -0.25) is 0 Å². The van der Waals surface area contributed by atoms with E-state index < -0.39 is 0 Å². The van der Waals surface area contributed by atoms with Crippen LogP contribution in [-0.2, 0) is 0 Å². The number of aromatic nitrogens is 6. The number of hydrogen-bond acceptors (Lipinski definition) is 6. The van der Waals surface area contributed by atoms with Gasteiger partial charge in [0.25, 0.3) is 0 Å². The molecule has 2 bridgehead atoms. The van der Waals surface area contributed by atoms with E-state index in [9.17, 15) is 0 Å². The molecule has 6 nitrogen and oxygen atoms in total. The SMILES string of the molecule is c1ccc(-c2nc(-c3ccccc3)nc(-c3ccc(-c4ccc(-c5ccc(-c6nc(-c7ccccc7)nc(-c7ccccc7)n6)cc5)c5c4C4c6ccccc6C5c5ccccc54)cc3)n2)cc1. The third kappa shape index (κ3) is 6.81. The Morgan fingerprint density at radius 3 is 0.647 bits per heavy atom. The van der Waals surface area contributed by atoms with Crippen LogP contribution in [0.4, 0.5) is 0 Å². The topological polar surface area (TPSA) is 77.3 Å². The van der Waals surface area contributed by atoms with E-state index in [1.165, 1.54) is 44.5 Å². The van der Waals surface area contributed by atoms with Crippen molar-refractivity contribution in [3.05, 3.63) is 264 Å². The Balaban J connectivity index is 0.934. The maximum atomic E-state index is 5.03. The molecule has 0 amide bonds. The minimum Gasteiger partial charge on any atom is -0.208 e. The second-order valence-electron chi connectivity index (χ2n) is 17.3. The van der Waals surface area contributed by atoms with Gasteiger partial charge < -0.3 is 0 Å². The molecule has 9 aromatic carbocycles. The molecule has 14 rings (SSSR count). The van der Waals surface area contributed by atoms with Gasteiger partial charge in [-0.1, -0.05) is 231 Å². The van der Waals surface area contributed by atoms with Crippen LogP contribution < -0.4 is 0 Å². The van der Waals surface area contributed by atoms with Crippen LogP contribution in [0.15, 0.2) is 231 Å². The molecule has 0 saturated carbocycles. The molecule has 68 heavy (non-hydrogen) atoms. The molecule has 318 valence electrons. The van der Waals surface area contributed by atoms with Gasteiger partial charge in [0.05, 0.1) is 0 Å². The molecule has 3 aliphatic rings. The summed E-state index contributed by atoms with van der Waals surface area (Å²) in [6.07, 6.45) is 0. The average Bonchev–Trinajstić information content (AvgIpc) is 3.43. The van der Waals surface area contributed by atoms with Gasteiger partial charge in [-0.25, -0.2) is 29.9 Å². The van der Waals surface area contributed by atoms with Gasteiger partial charge in [0.1, 0.15) is 0 Å². The van der Waals surface area contributed by atoms with Gasteiger partial charge in [0, 0.05) is 45.2 Å². The van der Waals surface area contributed by atoms with Crippen LogP contribution >= 0.6 is 0 Å². The second kappa shape index (κ2) is 16.5. The molecule has 6 heteroatoms. The molecule has 0 unspecified atom stereocenters. The van der Waals surface area contributed by atoms with Crippen molar-refractivity contribution in [1.82, 2.24) is 29.9 Å². The van der Waals surface area contributed by atoms with Gasteiger partial charge in [0.15, 0.2) is 34.9 Å². The van der Waals surface area contributed by atoms with E-state index in [2.05, 4.69) is 109 Å². The predicted octanol–water partition coefficient (Wildman–Crippen LogP) is 14.4. The summed E-state index contributed by atoms with van der Waals surface area (Å²) in [5, 5.41) is 0. The van der Waals surface area contributed by atoms with Crippen LogP contribution in [0.3, 0.4) is 0 Å². The van der Waals surface area contributed by atoms with Crippen molar-refractivity contribution >= 4 is 0 Å². The molecule has 0 atom stereocenters. The summed E-state index contributed by atoms with van der Waals surface area (Å²) in [7, 11) is 0. The molecule has 0 spiro atoms. The Morgan fingerprint density at radius 2 is 0.397 bits per heavy atom. The molecule has 0 radical (unpaired) electrons. The third-order valence-electron chi connectivity index (χ3n) is 13.4. The van der Waals surface area contributed by atoms with Crippen LogP contribution in [0.25, 0.3) is 90.6 Å². The lowest BCUT2D eigenvalue weighted by atomic mass is 9.58. The Morgan fingerprint density at radius 1 is 0.191 bits per heavy atom. The van der Waals surface area contributed by atoms with Gasteiger partial charge in [0.2, 0.25) is 0 Å². The number of benzene rings is 9. The quantitative estimate of drug-likeness (QED) is 0.151. The maximum Gasteiger partial charge on any atom is 0.164 e. The van der Waals surface area contributed by atoms with E-state index in [4.69, 9.17) is 29.9 Å². The lowest BCUT2D eigenvalue weighted by Crippen LogP contribution is -2.28. The van der Waals surface area contributed by atoms with Crippen molar-refractivity contribution in [2.24, 2.45) is 0 Å². The Hall–Kier alpha value is -9.00. The van der Waals surface area contributed by atoms with E-state index in [-0.39, 0.29) is 11.8 Å². The van der Waals surface area contributed by atoms with Crippen molar-refractivity contribution in [3.63, 3.8) is 0 Å². The van der Waals surface area contributed by atoms with E-state index in [0.29, 0.717) is 34.9 Å².